The molecular formula is C10H12N2O2. The largest absolute Gasteiger partial charge is 0.465 e. The average Bonchev–Trinajstić information content (AvgIpc) is 2.16. The molecule has 0 aliphatic heterocycles. The van der Waals surface area contributed by atoms with Crippen LogP contribution < -0.4 is 4.90 Å². The molecule has 1 N–H and O–H groups in total. The fourth-order valence-electron chi connectivity index (χ4n) is 0.955. The molecule has 1 aromatic heterocycles. The van der Waals surface area contributed by atoms with E-state index in [1.54, 1.807) is 12.3 Å². The second-order valence-electron chi connectivity index (χ2n) is 3.05. The SMILES string of the molecule is C=C(C)c1cncc(N(C)C(=O)O)c1. The molecule has 0 saturated heterocycles. The second-order valence-corrected chi connectivity index (χ2v) is 3.05. The van der Waals surface area contributed by atoms with Crippen LogP contribution in [-0.4, -0.2) is 23.2 Å². The van der Waals surface area contributed by atoms with E-state index in [9.17, 15) is 4.79 Å². The molecule has 0 radical (unpaired) electrons. The van der Waals surface area contributed by atoms with Gasteiger partial charge in [0.2, 0.25) is 0 Å². The van der Waals surface area contributed by atoms with Crippen molar-refractivity contribution in [3.05, 3.63) is 30.6 Å². The number of hydrogen-bond acceptors (Lipinski definition) is 2. The quantitative estimate of drug-likeness (QED) is 0.781. The van der Waals surface area contributed by atoms with Crippen molar-refractivity contribution >= 4 is 17.4 Å². The Labute approximate surface area is 82.5 Å². The summed E-state index contributed by atoms with van der Waals surface area (Å²) in [6.45, 7) is 5.61. The monoisotopic (exact) mass is 192 g/mol. The summed E-state index contributed by atoms with van der Waals surface area (Å²) >= 11 is 0. The summed E-state index contributed by atoms with van der Waals surface area (Å²) in [6, 6.07) is 1.74. The molecule has 0 fully saturated rings. The van der Waals surface area contributed by atoms with Gasteiger partial charge in [-0.2, -0.15) is 0 Å². The third-order valence-corrected chi connectivity index (χ3v) is 1.89. The second kappa shape index (κ2) is 3.91. The lowest BCUT2D eigenvalue weighted by atomic mass is 10.1. The van der Waals surface area contributed by atoms with Gasteiger partial charge < -0.3 is 5.11 Å². The molecule has 4 heteroatoms. The highest BCUT2D eigenvalue weighted by molar-refractivity contribution is 5.85. The van der Waals surface area contributed by atoms with Crippen molar-refractivity contribution in [1.29, 1.82) is 0 Å². The van der Waals surface area contributed by atoms with Crippen molar-refractivity contribution in [2.45, 2.75) is 6.92 Å². The average molecular weight is 192 g/mol. The Morgan fingerprint density at radius 1 is 1.57 bits per heavy atom. The van der Waals surface area contributed by atoms with Gasteiger partial charge in [-0.1, -0.05) is 6.58 Å². The van der Waals surface area contributed by atoms with Gasteiger partial charge in [0, 0.05) is 13.2 Å². The lowest BCUT2D eigenvalue weighted by Gasteiger charge is -2.13. The molecular weight excluding hydrogens is 180 g/mol. The maximum atomic E-state index is 10.7. The van der Waals surface area contributed by atoms with Crippen molar-refractivity contribution < 1.29 is 9.90 Å². The maximum Gasteiger partial charge on any atom is 0.411 e. The van der Waals surface area contributed by atoms with Crippen molar-refractivity contribution in [2.24, 2.45) is 0 Å². The van der Waals surface area contributed by atoms with Gasteiger partial charge in [0.15, 0.2) is 0 Å². The van der Waals surface area contributed by atoms with Gasteiger partial charge in [-0.15, -0.1) is 0 Å². The van der Waals surface area contributed by atoms with Crippen LogP contribution in [0.25, 0.3) is 5.57 Å². The number of allylic oxidation sites excluding steroid dienone is 1. The number of nitrogens with zero attached hydrogens (tertiary/aromatic N) is 2. The van der Waals surface area contributed by atoms with E-state index in [1.165, 1.54) is 13.2 Å². The molecule has 0 aliphatic rings. The summed E-state index contributed by atoms with van der Waals surface area (Å²) in [4.78, 5) is 15.7. The summed E-state index contributed by atoms with van der Waals surface area (Å²) in [5.41, 5.74) is 2.24. The number of carbonyl (C=O) groups is 1. The Bertz CT molecular complexity index is 374. The molecule has 14 heavy (non-hydrogen) atoms. The van der Waals surface area contributed by atoms with E-state index >= 15 is 0 Å². The van der Waals surface area contributed by atoms with E-state index in [-0.39, 0.29) is 0 Å². The predicted octanol–water partition coefficient (Wildman–Crippen LogP) is 2.23. The van der Waals surface area contributed by atoms with Crippen molar-refractivity contribution in [3.8, 4) is 0 Å². The van der Waals surface area contributed by atoms with Gasteiger partial charge >= 0.3 is 6.09 Å². The zero-order valence-electron chi connectivity index (χ0n) is 8.19. The molecule has 0 bridgehead atoms. The molecule has 0 aliphatic carbocycles. The number of pyridine rings is 1. The molecule has 1 aromatic rings. The van der Waals surface area contributed by atoms with E-state index in [0.29, 0.717) is 5.69 Å². The predicted molar refractivity (Wildman–Crippen MR) is 55.4 cm³/mol. The van der Waals surface area contributed by atoms with Crippen LogP contribution in [0.1, 0.15) is 12.5 Å². The fraction of sp³-hybridized carbons (Fsp3) is 0.200. The zero-order chi connectivity index (χ0) is 10.7. The van der Waals surface area contributed by atoms with Crippen molar-refractivity contribution in [2.75, 3.05) is 11.9 Å². The highest BCUT2D eigenvalue weighted by Gasteiger charge is 2.08. The first-order valence-corrected chi connectivity index (χ1v) is 4.10. The Hall–Kier alpha value is -1.84. The molecule has 74 valence electrons. The molecule has 1 heterocycles. The normalized spacial score (nSPS) is 9.57. The first-order chi connectivity index (χ1) is 6.52. The standard InChI is InChI=1S/C10H12N2O2/c1-7(2)8-4-9(6-11-5-8)12(3)10(13)14/h4-6H,1H2,2-3H3,(H,13,14). The summed E-state index contributed by atoms with van der Waals surface area (Å²) in [7, 11) is 1.47. The van der Waals surface area contributed by atoms with E-state index in [4.69, 9.17) is 5.11 Å². The highest BCUT2D eigenvalue weighted by atomic mass is 16.4. The fourth-order valence-corrected chi connectivity index (χ4v) is 0.955. The smallest absolute Gasteiger partial charge is 0.411 e. The molecule has 4 nitrogen and oxygen atoms in total. The molecule has 0 aromatic carbocycles. The van der Waals surface area contributed by atoms with E-state index in [2.05, 4.69) is 11.6 Å². The van der Waals surface area contributed by atoms with Gasteiger partial charge in [-0.25, -0.2) is 4.79 Å². The van der Waals surface area contributed by atoms with Gasteiger partial charge in [0.25, 0.3) is 0 Å². The maximum absolute atomic E-state index is 10.7. The molecule has 0 unspecified atom stereocenters. The molecule has 0 spiro atoms. The number of carboxylic acid groups (broad SMARTS) is 1. The summed E-state index contributed by atoms with van der Waals surface area (Å²) in [5.74, 6) is 0. The van der Waals surface area contributed by atoms with Crippen LogP contribution in [0.15, 0.2) is 25.0 Å². The molecule has 0 saturated carbocycles. The Kier molecular flexibility index (Phi) is 2.86. The van der Waals surface area contributed by atoms with Crippen LogP contribution in [0.2, 0.25) is 0 Å². The zero-order valence-corrected chi connectivity index (χ0v) is 8.19. The van der Waals surface area contributed by atoms with Crippen LogP contribution in [0.3, 0.4) is 0 Å². The number of rotatable bonds is 2. The number of hydrogen-bond donors (Lipinski definition) is 1. The Morgan fingerprint density at radius 3 is 2.71 bits per heavy atom. The van der Waals surface area contributed by atoms with Crippen LogP contribution in [0.5, 0.6) is 0 Å². The topological polar surface area (TPSA) is 53.4 Å². The number of aromatic nitrogens is 1. The lowest BCUT2D eigenvalue weighted by molar-refractivity contribution is 0.203. The Balaban J connectivity index is 3.05. The first kappa shape index (κ1) is 10.2. The van der Waals surface area contributed by atoms with Gasteiger partial charge in [0.1, 0.15) is 0 Å². The minimum Gasteiger partial charge on any atom is -0.465 e. The minimum atomic E-state index is -1.01. The van der Waals surface area contributed by atoms with Crippen LogP contribution in [-0.2, 0) is 0 Å². The molecule has 0 atom stereocenters. The molecule has 1 rings (SSSR count). The van der Waals surface area contributed by atoms with Gasteiger partial charge in [-0.3, -0.25) is 9.88 Å². The van der Waals surface area contributed by atoms with Crippen molar-refractivity contribution in [3.63, 3.8) is 0 Å². The van der Waals surface area contributed by atoms with Crippen molar-refractivity contribution in [1.82, 2.24) is 4.98 Å². The number of anilines is 1. The van der Waals surface area contributed by atoms with Gasteiger partial charge in [-0.05, 0) is 24.1 Å². The lowest BCUT2D eigenvalue weighted by Crippen LogP contribution is -2.23. The summed E-state index contributed by atoms with van der Waals surface area (Å²) in [6.07, 6.45) is 2.15. The summed E-state index contributed by atoms with van der Waals surface area (Å²) in [5, 5.41) is 8.74. The van der Waals surface area contributed by atoms with Crippen LogP contribution in [0.4, 0.5) is 10.5 Å². The molecule has 1 amide bonds. The highest BCUT2D eigenvalue weighted by Crippen LogP contribution is 2.17. The van der Waals surface area contributed by atoms with E-state index in [0.717, 1.165) is 16.0 Å². The summed E-state index contributed by atoms with van der Waals surface area (Å²) < 4.78 is 0. The van der Waals surface area contributed by atoms with E-state index in [1.807, 2.05) is 6.92 Å². The van der Waals surface area contributed by atoms with Crippen LogP contribution >= 0.6 is 0 Å². The third kappa shape index (κ3) is 2.10. The van der Waals surface area contributed by atoms with E-state index < -0.39 is 6.09 Å². The van der Waals surface area contributed by atoms with Gasteiger partial charge in [0.05, 0.1) is 11.9 Å². The third-order valence-electron chi connectivity index (χ3n) is 1.89. The van der Waals surface area contributed by atoms with Crippen LogP contribution in [0, 0.1) is 0 Å². The first-order valence-electron chi connectivity index (χ1n) is 4.10. The Morgan fingerprint density at radius 2 is 2.21 bits per heavy atom. The number of amides is 1. The minimum absolute atomic E-state index is 0.540.